The third-order valence-corrected chi connectivity index (χ3v) is 24.4. The van der Waals surface area contributed by atoms with Crippen LogP contribution in [0.5, 0.6) is 0 Å². The summed E-state index contributed by atoms with van der Waals surface area (Å²) < 4.78 is 68.3. The second kappa shape index (κ2) is 28.5. The van der Waals surface area contributed by atoms with Gasteiger partial charge in [-0.15, -0.1) is 0 Å². The summed E-state index contributed by atoms with van der Waals surface area (Å²) in [5, 5.41) is 149. The number of aliphatic carboxylic acids is 1. The smallest absolute Gasteiger partial charge is 0.335 e. The Labute approximate surface area is 559 Å². The molecule has 0 amide bonds. The Bertz CT molecular complexity index is 2960. The highest BCUT2D eigenvalue weighted by Crippen LogP contribution is 2.76. The van der Waals surface area contributed by atoms with Crippen molar-refractivity contribution in [3.63, 3.8) is 0 Å². The van der Waals surface area contributed by atoms with E-state index in [4.69, 9.17) is 52.1 Å². The molecule has 3 unspecified atom stereocenters. The van der Waals surface area contributed by atoms with Crippen LogP contribution in [-0.2, 0) is 71.3 Å². The van der Waals surface area contributed by atoms with E-state index in [1.807, 2.05) is 34.6 Å². The molecule has 0 spiro atoms. The minimum Gasteiger partial charge on any atom is -0.479 e. The third kappa shape index (κ3) is 12.6. The second-order valence-corrected chi connectivity index (χ2v) is 30.2. The van der Waals surface area contributed by atoms with E-state index in [-0.39, 0.29) is 41.4 Å². The van der Waals surface area contributed by atoms with Crippen molar-refractivity contribution in [1.82, 2.24) is 0 Å². The third-order valence-electron chi connectivity index (χ3n) is 24.4. The van der Waals surface area contributed by atoms with Crippen molar-refractivity contribution in [3.8, 4) is 0 Å². The highest BCUT2D eigenvalue weighted by Gasteiger charge is 2.77. The molecule has 28 heteroatoms. The molecule has 5 aliphatic carbocycles. The van der Waals surface area contributed by atoms with Gasteiger partial charge in [0.25, 0.3) is 0 Å². The maximum atomic E-state index is 14.1. The number of carbonyl (C=O) groups excluding carboxylic acids is 3. The topological polar surface area (TPSA) is 433 Å². The number of esters is 3. The Morgan fingerprint density at radius 2 is 1.07 bits per heavy atom. The molecule has 8 fully saturated rings. The van der Waals surface area contributed by atoms with Crippen LogP contribution in [0.25, 0.3) is 0 Å². The lowest BCUT2D eigenvalue weighted by molar-refractivity contribution is -0.386. The summed E-state index contributed by atoms with van der Waals surface area (Å²) in [5.41, 5.74) is -5.19. The van der Waals surface area contributed by atoms with Crippen LogP contribution >= 0.6 is 0 Å². The predicted molar refractivity (Wildman–Crippen MR) is 331 cm³/mol. The molecule has 0 bridgehead atoms. The number of ether oxygens (including phenoxy) is 11. The fourth-order valence-electron chi connectivity index (χ4n) is 18.1. The molecule has 9 rings (SSSR count). The summed E-state index contributed by atoms with van der Waals surface area (Å²) in [7, 11) is 0. The van der Waals surface area contributed by atoms with Crippen LogP contribution in [0, 0.1) is 50.2 Å². The molecular formula is C68H104O28. The van der Waals surface area contributed by atoms with Gasteiger partial charge < -0.3 is 118 Å². The number of aliphatic hydroxyl groups excluding tert-OH is 12. The van der Waals surface area contributed by atoms with E-state index in [2.05, 4.69) is 19.9 Å². The van der Waals surface area contributed by atoms with Crippen LogP contribution < -0.4 is 0 Å². The molecule has 28 nitrogen and oxygen atoms in total. The average Bonchev–Trinajstić information content (AvgIpc) is 0.710. The molecule has 13 N–H and O–H groups in total. The van der Waals surface area contributed by atoms with Crippen molar-refractivity contribution < 1.29 is 138 Å². The Morgan fingerprint density at radius 1 is 0.552 bits per heavy atom. The van der Waals surface area contributed by atoms with Crippen LogP contribution in [0.15, 0.2) is 46.6 Å². The first-order valence-corrected chi connectivity index (χ1v) is 33.5. The van der Waals surface area contributed by atoms with Gasteiger partial charge in [-0.1, -0.05) is 78.3 Å². The van der Waals surface area contributed by atoms with Gasteiger partial charge >= 0.3 is 23.9 Å². The van der Waals surface area contributed by atoms with Gasteiger partial charge in [-0.3, -0.25) is 0 Å². The number of rotatable bonds is 18. The van der Waals surface area contributed by atoms with Crippen LogP contribution in [0.1, 0.15) is 135 Å². The van der Waals surface area contributed by atoms with Crippen LogP contribution in [0.3, 0.4) is 0 Å². The number of fused-ring (bicyclic) bond motifs is 7. The maximum Gasteiger partial charge on any atom is 0.335 e. The predicted octanol–water partition coefficient (Wildman–Crippen LogP) is 0.632. The van der Waals surface area contributed by atoms with Gasteiger partial charge in [0.2, 0.25) is 0 Å². The summed E-state index contributed by atoms with van der Waals surface area (Å²) in [6, 6.07) is 0. The zero-order valence-electron chi connectivity index (χ0n) is 57.2. The van der Waals surface area contributed by atoms with E-state index in [0.29, 0.717) is 25.7 Å². The largest absolute Gasteiger partial charge is 0.479 e. The zero-order chi connectivity index (χ0) is 71.2. The Hall–Kier alpha value is -3.96. The van der Waals surface area contributed by atoms with Crippen molar-refractivity contribution in [2.45, 2.75) is 283 Å². The quantitative estimate of drug-likeness (QED) is 0.0294. The number of hydrogen-bond donors (Lipinski definition) is 13. The molecule has 544 valence electrons. The molecule has 4 aliphatic heterocycles. The van der Waals surface area contributed by atoms with Gasteiger partial charge in [0, 0.05) is 27.5 Å². The highest BCUT2D eigenvalue weighted by atomic mass is 16.8. The van der Waals surface area contributed by atoms with E-state index in [1.165, 1.54) is 32.9 Å². The minimum atomic E-state index is -2.16. The molecule has 0 aromatic carbocycles. The first kappa shape index (κ1) is 76.2. The molecule has 0 aromatic heterocycles. The second-order valence-electron chi connectivity index (χ2n) is 30.2. The molecule has 0 radical (unpaired) electrons. The lowest BCUT2D eigenvalue weighted by Gasteiger charge is -2.73. The van der Waals surface area contributed by atoms with Gasteiger partial charge in [-0.05, 0) is 121 Å². The average molecular weight is 1370 g/mol. The van der Waals surface area contributed by atoms with E-state index >= 15 is 0 Å². The number of carboxylic acids is 1. The SMILES string of the molecule is C/C=C(/C)C(=O)O[C@@H]1[C@@H](OC(=O)/C(C)=C\C)[C@H](O)[C@@H](O[C@@H]2[C@H](OC(=O)/C(C)=C\C)C(C)(C)CC3C4=CCC5[C@@]6(C)CC[C@H](O[C@H]7O[C@H](C(=O)O)[C@@H](O)[C@H](O[C@H]8O[C@H](CO)[C@@H](O)[C@@H]8O)[C@H]7O[C@@H]7O[C@H](CO)[C@H](O)[C@H](O)[C@H]7O)C(C)(C)C6CC[C@@]5(C)[C@]4(C)[C@H](O)[C@H](O)[C@]32CO)O[C@H]1C. The van der Waals surface area contributed by atoms with Gasteiger partial charge in [0.05, 0.1) is 49.7 Å². The standard InChI is InChI=1S/C68H104O28/c1-15-28(4)56(83)90-46-31(7)86-61(45(78)48(46)91-57(84)29(5)16-2)96-54-53(95-58(85)30(6)17-3)63(8,9)24-33-32-18-19-37-65(12)22-21-38(64(10,11)36(65)20-23-66(37,13)67(32,14)51(79)52(80)68(33,54)27-71)89-62-50(94-60-43(76)41(74)39(72)34(25-69)87-60)47(44(77)49(93-62)55(81)82)92-59-42(75)40(73)35(26-70)88-59/h15-18,31,33-54,59-62,69-80H,19-27H2,1-14H3,(H,81,82)/b28-15-,29-16-,30-17-/t31-,33?,34+,35+,36?,37?,38-,39-,40+,41-,42-,43+,44-,45-,46-,47-,48-,49-,50+,51+,52-,53-,54+,59+,60-,61+,62-,65-,66+,67-,68-/m0/s1. The van der Waals surface area contributed by atoms with Crippen LogP contribution in [-0.4, -0.2) is 257 Å². The van der Waals surface area contributed by atoms with Crippen molar-refractivity contribution in [2.75, 3.05) is 19.8 Å². The summed E-state index contributed by atoms with van der Waals surface area (Å²) in [6.45, 7) is 22.5. The molecule has 4 saturated heterocycles. The van der Waals surface area contributed by atoms with Gasteiger partial charge in [-0.25, -0.2) is 19.2 Å². The summed E-state index contributed by atoms with van der Waals surface area (Å²) in [4.78, 5) is 54.0. The summed E-state index contributed by atoms with van der Waals surface area (Å²) in [5.74, 6) is -5.33. The normalized spacial score (nSPS) is 47.8. The fourth-order valence-corrected chi connectivity index (χ4v) is 18.1. The van der Waals surface area contributed by atoms with E-state index in [1.54, 1.807) is 33.8 Å². The molecular weight excluding hydrogens is 1260 g/mol. The van der Waals surface area contributed by atoms with E-state index in [9.17, 15) is 85.6 Å². The van der Waals surface area contributed by atoms with Crippen LogP contribution in [0.4, 0.5) is 0 Å². The van der Waals surface area contributed by atoms with Crippen molar-refractivity contribution >= 4 is 23.9 Å². The first-order valence-electron chi connectivity index (χ1n) is 33.5. The first-order chi connectivity index (χ1) is 44.9. The maximum absolute atomic E-state index is 14.1. The number of carbonyl (C=O) groups is 4. The summed E-state index contributed by atoms with van der Waals surface area (Å²) >= 11 is 0. The van der Waals surface area contributed by atoms with Crippen molar-refractivity contribution in [2.24, 2.45) is 50.2 Å². The van der Waals surface area contributed by atoms with Gasteiger partial charge in [0.1, 0.15) is 79.4 Å². The molecule has 0 aromatic rings. The molecule has 9 aliphatic rings. The Balaban J connectivity index is 1.07. The number of allylic oxidation sites excluding steroid dienone is 4. The van der Waals surface area contributed by atoms with Crippen LogP contribution in [0.2, 0.25) is 0 Å². The summed E-state index contributed by atoms with van der Waals surface area (Å²) in [6.07, 6.45) is -32.0. The lowest BCUT2D eigenvalue weighted by Crippen LogP contribution is -2.77. The molecule has 4 heterocycles. The van der Waals surface area contributed by atoms with Crippen molar-refractivity contribution in [3.05, 3.63) is 46.6 Å². The Morgan fingerprint density at radius 3 is 1.61 bits per heavy atom. The lowest BCUT2D eigenvalue weighted by atomic mass is 9.32. The number of aliphatic hydroxyl groups is 12. The fraction of sp³-hybridized carbons (Fsp3) is 0.824. The number of hydrogen-bond acceptors (Lipinski definition) is 27. The van der Waals surface area contributed by atoms with Crippen molar-refractivity contribution in [1.29, 1.82) is 0 Å². The minimum absolute atomic E-state index is 0.170. The molecule has 4 saturated carbocycles. The molecule has 31 atom stereocenters. The monoisotopic (exact) mass is 1370 g/mol. The zero-order valence-corrected chi connectivity index (χ0v) is 57.2. The Kier molecular flexibility index (Phi) is 22.6. The van der Waals surface area contributed by atoms with E-state index in [0.717, 1.165) is 5.57 Å². The van der Waals surface area contributed by atoms with E-state index < -0.39 is 229 Å². The molecule has 96 heavy (non-hydrogen) atoms. The number of carboxylic acid groups (broad SMARTS) is 1. The highest BCUT2D eigenvalue weighted by molar-refractivity contribution is 5.89. The van der Waals surface area contributed by atoms with Gasteiger partial charge in [0.15, 0.2) is 43.5 Å². The van der Waals surface area contributed by atoms with Gasteiger partial charge in [-0.2, -0.15) is 0 Å².